The highest BCUT2D eigenvalue weighted by Crippen LogP contribution is 2.23. The van der Waals surface area contributed by atoms with Gasteiger partial charge in [-0.15, -0.1) is 0 Å². The molecule has 0 bridgehead atoms. The Morgan fingerprint density at radius 3 is 2.57 bits per heavy atom. The Labute approximate surface area is 122 Å². The number of hydrogen-bond donors (Lipinski definition) is 1. The molecule has 21 heavy (non-hydrogen) atoms. The molecule has 0 amide bonds. The average Bonchev–Trinajstić information content (AvgIpc) is 2.47. The van der Waals surface area contributed by atoms with E-state index in [0.29, 0.717) is 5.56 Å². The fraction of sp³-hybridized carbons (Fsp3) is 0.0667. The third-order valence-corrected chi connectivity index (χ3v) is 4.80. The second-order valence-electron chi connectivity index (χ2n) is 4.64. The summed E-state index contributed by atoms with van der Waals surface area (Å²) >= 11 is 0. The van der Waals surface area contributed by atoms with Gasteiger partial charge >= 0.3 is 0 Å². The van der Waals surface area contributed by atoms with Crippen LogP contribution in [0.15, 0.2) is 59.9 Å². The Bertz CT molecular complexity index is 902. The van der Waals surface area contributed by atoms with E-state index in [2.05, 4.69) is 9.97 Å². The predicted octanol–water partition coefficient (Wildman–Crippen LogP) is 2.19. The van der Waals surface area contributed by atoms with Crippen LogP contribution in [0.5, 0.6) is 0 Å². The Morgan fingerprint density at radius 2 is 1.76 bits per heavy atom. The highest BCUT2D eigenvalue weighted by molar-refractivity contribution is 7.90. The van der Waals surface area contributed by atoms with Crippen molar-refractivity contribution >= 4 is 26.4 Å². The Kier molecular flexibility index (Phi) is 3.31. The number of para-hydroxylation sites is 1. The molecular weight excluding hydrogens is 286 g/mol. The molecule has 106 valence electrons. The number of aromatic nitrogens is 2. The lowest BCUT2D eigenvalue weighted by Crippen LogP contribution is -2.10. The molecule has 3 rings (SSSR count). The molecule has 3 aromatic rings. The first-order valence-electron chi connectivity index (χ1n) is 6.34. The summed E-state index contributed by atoms with van der Waals surface area (Å²) < 4.78 is 25.0. The van der Waals surface area contributed by atoms with Crippen LogP contribution in [0.4, 0.5) is 5.69 Å². The topological polar surface area (TPSA) is 85.9 Å². The summed E-state index contributed by atoms with van der Waals surface area (Å²) in [4.78, 5) is 8.12. The van der Waals surface area contributed by atoms with Crippen molar-refractivity contribution in [2.24, 2.45) is 0 Å². The van der Waals surface area contributed by atoms with Gasteiger partial charge in [-0.05, 0) is 29.8 Å². The third-order valence-electron chi connectivity index (χ3n) is 3.18. The van der Waals surface area contributed by atoms with E-state index in [1.807, 2.05) is 24.3 Å². The molecule has 0 saturated heterocycles. The van der Waals surface area contributed by atoms with Crippen molar-refractivity contribution in [3.63, 3.8) is 0 Å². The van der Waals surface area contributed by atoms with Gasteiger partial charge in [0.1, 0.15) is 0 Å². The van der Waals surface area contributed by atoms with Gasteiger partial charge in [0.05, 0.1) is 17.0 Å². The molecule has 2 N–H and O–H groups in total. The van der Waals surface area contributed by atoms with Crippen molar-refractivity contribution in [2.75, 3.05) is 5.73 Å². The number of nitrogens with zero attached hydrogens (tertiary/aromatic N) is 2. The number of hydrogen-bond acceptors (Lipinski definition) is 5. The summed E-state index contributed by atoms with van der Waals surface area (Å²) in [7, 11) is -3.60. The SMILES string of the molecule is Nc1cccnc1S(=O)(=O)Cc1ccnc2ccccc12. The maximum Gasteiger partial charge on any atom is 0.201 e. The quantitative estimate of drug-likeness (QED) is 0.801. The summed E-state index contributed by atoms with van der Waals surface area (Å²) in [6.07, 6.45) is 3.03. The fourth-order valence-electron chi connectivity index (χ4n) is 2.22. The first-order valence-corrected chi connectivity index (χ1v) is 7.99. The van der Waals surface area contributed by atoms with E-state index in [0.717, 1.165) is 10.9 Å². The van der Waals surface area contributed by atoms with Crippen LogP contribution < -0.4 is 5.73 Å². The van der Waals surface area contributed by atoms with Gasteiger partial charge in [0.15, 0.2) is 5.03 Å². The van der Waals surface area contributed by atoms with E-state index in [4.69, 9.17) is 5.73 Å². The molecule has 0 aliphatic carbocycles. The van der Waals surface area contributed by atoms with Crippen molar-refractivity contribution in [3.8, 4) is 0 Å². The van der Waals surface area contributed by atoms with Crippen molar-refractivity contribution in [2.45, 2.75) is 10.8 Å². The van der Waals surface area contributed by atoms with Crippen LogP contribution in [0.2, 0.25) is 0 Å². The molecule has 0 aliphatic rings. The zero-order chi connectivity index (χ0) is 14.9. The monoisotopic (exact) mass is 299 g/mol. The van der Waals surface area contributed by atoms with Crippen LogP contribution in [0.25, 0.3) is 10.9 Å². The normalized spacial score (nSPS) is 11.6. The zero-order valence-corrected chi connectivity index (χ0v) is 11.9. The van der Waals surface area contributed by atoms with Gasteiger partial charge in [0.25, 0.3) is 0 Å². The van der Waals surface area contributed by atoms with E-state index in [1.54, 1.807) is 18.3 Å². The summed E-state index contributed by atoms with van der Waals surface area (Å²) in [5.41, 5.74) is 7.33. The van der Waals surface area contributed by atoms with Gasteiger partial charge < -0.3 is 5.73 Å². The minimum Gasteiger partial charge on any atom is -0.396 e. The predicted molar refractivity (Wildman–Crippen MR) is 81.3 cm³/mol. The molecule has 0 saturated carbocycles. The maximum atomic E-state index is 12.5. The summed E-state index contributed by atoms with van der Waals surface area (Å²) in [5.74, 6) is -0.156. The summed E-state index contributed by atoms with van der Waals surface area (Å²) in [5, 5.41) is 0.740. The smallest absolute Gasteiger partial charge is 0.201 e. The van der Waals surface area contributed by atoms with Crippen LogP contribution in [-0.4, -0.2) is 18.4 Å². The van der Waals surface area contributed by atoms with Crippen molar-refractivity contribution in [3.05, 3.63) is 60.4 Å². The molecule has 2 heterocycles. The summed E-state index contributed by atoms with van der Waals surface area (Å²) in [6, 6.07) is 12.3. The Hall–Kier alpha value is -2.47. The molecule has 5 nitrogen and oxygen atoms in total. The van der Waals surface area contributed by atoms with Gasteiger partial charge in [-0.25, -0.2) is 13.4 Å². The lowest BCUT2D eigenvalue weighted by Gasteiger charge is -2.08. The Balaban J connectivity index is 2.08. The number of sulfone groups is 1. The minimum absolute atomic E-state index is 0.0779. The first-order chi connectivity index (χ1) is 10.1. The minimum atomic E-state index is -3.60. The van der Waals surface area contributed by atoms with E-state index in [1.165, 1.54) is 12.3 Å². The van der Waals surface area contributed by atoms with Gasteiger partial charge in [-0.2, -0.15) is 0 Å². The molecule has 0 fully saturated rings. The number of fused-ring (bicyclic) bond motifs is 1. The van der Waals surface area contributed by atoms with E-state index in [-0.39, 0.29) is 16.5 Å². The summed E-state index contributed by atoms with van der Waals surface area (Å²) in [6.45, 7) is 0. The fourth-order valence-corrected chi connectivity index (χ4v) is 3.66. The van der Waals surface area contributed by atoms with Gasteiger partial charge in [0, 0.05) is 17.8 Å². The Morgan fingerprint density at radius 1 is 0.952 bits per heavy atom. The van der Waals surface area contributed by atoms with Crippen LogP contribution in [-0.2, 0) is 15.6 Å². The zero-order valence-electron chi connectivity index (χ0n) is 11.1. The molecule has 6 heteroatoms. The van der Waals surface area contributed by atoms with Gasteiger partial charge in [-0.1, -0.05) is 18.2 Å². The van der Waals surface area contributed by atoms with Crippen LogP contribution >= 0.6 is 0 Å². The highest BCUT2D eigenvalue weighted by Gasteiger charge is 2.20. The number of benzene rings is 1. The van der Waals surface area contributed by atoms with Crippen LogP contribution in [0, 0.1) is 0 Å². The number of anilines is 1. The number of rotatable bonds is 3. The molecule has 2 aromatic heterocycles. The van der Waals surface area contributed by atoms with E-state index in [9.17, 15) is 8.42 Å². The molecule has 0 radical (unpaired) electrons. The molecular formula is C15H13N3O2S. The highest BCUT2D eigenvalue weighted by atomic mass is 32.2. The van der Waals surface area contributed by atoms with Crippen molar-refractivity contribution in [1.29, 1.82) is 0 Å². The second kappa shape index (κ2) is 5.14. The molecule has 0 unspecified atom stereocenters. The van der Waals surface area contributed by atoms with Gasteiger partial charge in [0.2, 0.25) is 9.84 Å². The molecule has 0 aliphatic heterocycles. The van der Waals surface area contributed by atoms with E-state index < -0.39 is 9.84 Å². The lowest BCUT2D eigenvalue weighted by molar-refractivity contribution is 0.592. The van der Waals surface area contributed by atoms with Gasteiger partial charge in [-0.3, -0.25) is 4.98 Å². The molecule has 0 spiro atoms. The first kappa shape index (κ1) is 13.5. The third kappa shape index (κ3) is 2.57. The largest absolute Gasteiger partial charge is 0.396 e. The lowest BCUT2D eigenvalue weighted by atomic mass is 10.1. The van der Waals surface area contributed by atoms with Crippen molar-refractivity contribution < 1.29 is 8.42 Å². The van der Waals surface area contributed by atoms with Crippen LogP contribution in [0.3, 0.4) is 0 Å². The molecule has 0 atom stereocenters. The number of nitrogen functional groups attached to an aromatic ring is 1. The second-order valence-corrected chi connectivity index (χ2v) is 6.55. The maximum absolute atomic E-state index is 12.5. The molecule has 1 aromatic carbocycles. The standard InChI is InChI=1S/C15H13N3O2S/c16-13-5-3-8-18-15(13)21(19,20)10-11-7-9-17-14-6-2-1-4-12(11)14/h1-9H,10,16H2. The van der Waals surface area contributed by atoms with E-state index >= 15 is 0 Å². The van der Waals surface area contributed by atoms with Crippen molar-refractivity contribution in [1.82, 2.24) is 9.97 Å². The van der Waals surface area contributed by atoms with Crippen LogP contribution in [0.1, 0.15) is 5.56 Å². The number of nitrogens with two attached hydrogens (primary N) is 1. The average molecular weight is 299 g/mol. The number of pyridine rings is 2.